The van der Waals surface area contributed by atoms with E-state index in [0.717, 1.165) is 0 Å². The summed E-state index contributed by atoms with van der Waals surface area (Å²) >= 11 is 0. The third kappa shape index (κ3) is 4.17. The highest BCUT2D eigenvalue weighted by atomic mass is 16.5. The fraction of sp³-hybridized carbons (Fsp3) is 0.400. The summed E-state index contributed by atoms with van der Waals surface area (Å²) in [5.74, 6) is 0.135. The Morgan fingerprint density at radius 2 is 1.85 bits per heavy atom. The zero-order chi connectivity index (χ0) is 20.0. The van der Waals surface area contributed by atoms with Crippen LogP contribution < -0.4 is 15.2 Å². The van der Waals surface area contributed by atoms with Crippen LogP contribution in [0.5, 0.6) is 11.5 Å². The van der Waals surface area contributed by atoms with Crippen molar-refractivity contribution in [1.29, 1.82) is 5.26 Å². The second-order valence-corrected chi connectivity index (χ2v) is 5.69. The first-order valence-corrected chi connectivity index (χ1v) is 8.83. The van der Waals surface area contributed by atoms with Crippen molar-refractivity contribution in [3.8, 4) is 17.6 Å². The molecule has 0 spiro atoms. The number of carbonyl (C=O) groups is 1. The molecule has 1 aliphatic heterocycles. The molecule has 0 aromatic heterocycles. The predicted molar refractivity (Wildman–Crippen MR) is 98.8 cm³/mol. The van der Waals surface area contributed by atoms with Gasteiger partial charge in [-0.2, -0.15) is 5.26 Å². The SMILES string of the molecule is CCOC(=O)C1=C(C)OC(N)=C(C#N)C1c1ccc(OCC)c(OCC)c1. The molecule has 1 heterocycles. The van der Waals surface area contributed by atoms with E-state index in [1.54, 1.807) is 32.0 Å². The van der Waals surface area contributed by atoms with E-state index in [-0.39, 0.29) is 23.6 Å². The number of nitrogens with zero attached hydrogens (tertiary/aromatic N) is 1. The number of carbonyl (C=O) groups excluding carboxylic acids is 1. The largest absolute Gasteiger partial charge is 0.490 e. The second kappa shape index (κ2) is 8.99. The highest BCUT2D eigenvalue weighted by molar-refractivity contribution is 5.92. The highest BCUT2D eigenvalue weighted by Crippen LogP contribution is 2.42. The molecule has 0 radical (unpaired) electrons. The van der Waals surface area contributed by atoms with Gasteiger partial charge < -0.3 is 24.7 Å². The molecule has 144 valence electrons. The van der Waals surface area contributed by atoms with Crippen LogP contribution in [-0.2, 0) is 14.3 Å². The summed E-state index contributed by atoms with van der Waals surface area (Å²) in [5.41, 5.74) is 6.96. The summed E-state index contributed by atoms with van der Waals surface area (Å²) in [6.07, 6.45) is 0. The molecule has 1 unspecified atom stereocenters. The Morgan fingerprint density at radius 1 is 1.19 bits per heavy atom. The molecule has 7 nitrogen and oxygen atoms in total. The van der Waals surface area contributed by atoms with E-state index in [2.05, 4.69) is 6.07 Å². The van der Waals surface area contributed by atoms with E-state index in [4.69, 9.17) is 24.7 Å². The molecule has 27 heavy (non-hydrogen) atoms. The number of rotatable bonds is 7. The van der Waals surface area contributed by atoms with Crippen molar-refractivity contribution in [2.45, 2.75) is 33.6 Å². The van der Waals surface area contributed by atoms with Gasteiger partial charge in [-0.3, -0.25) is 0 Å². The number of ether oxygens (including phenoxy) is 4. The summed E-state index contributed by atoms with van der Waals surface area (Å²) in [5, 5.41) is 9.62. The minimum absolute atomic E-state index is 0.0279. The Bertz CT molecular complexity index is 820. The van der Waals surface area contributed by atoms with Gasteiger partial charge in [0.1, 0.15) is 17.4 Å². The van der Waals surface area contributed by atoms with E-state index in [0.29, 0.717) is 36.0 Å². The van der Waals surface area contributed by atoms with Gasteiger partial charge in [-0.25, -0.2) is 4.79 Å². The molecule has 0 amide bonds. The minimum Gasteiger partial charge on any atom is -0.490 e. The van der Waals surface area contributed by atoms with Crippen molar-refractivity contribution in [3.05, 3.63) is 46.6 Å². The number of nitriles is 1. The number of hydrogen-bond donors (Lipinski definition) is 1. The number of allylic oxidation sites excluding steroid dienone is 2. The highest BCUT2D eigenvalue weighted by Gasteiger charge is 2.36. The maximum absolute atomic E-state index is 12.6. The van der Waals surface area contributed by atoms with Crippen molar-refractivity contribution in [2.24, 2.45) is 5.73 Å². The lowest BCUT2D eigenvalue weighted by molar-refractivity contribution is -0.139. The van der Waals surface area contributed by atoms with Gasteiger partial charge in [0.15, 0.2) is 11.5 Å². The number of hydrogen-bond acceptors (Lipinski definition) is 7. The lowest BCUT2D eigenvalue weighted by atomic mass is 9.83. The van der Waals surface area contributed by atoms with Crippen LogP contribution in [0.4, 0.5) is 0 Å². The van der Waals surface area contributed by atoms with Gasteiger partial charge in [0.2, 0.25) is 5.88 Å². The summed E-state index contributed by atoms with van der Waals surface area (Å²) in [7, 11) is 0. The third-order valence-corrected chi connectivity index (χ3v) is 4.00. The fourth-order valence-electron chi connectivity index (χ4n) is 2.94. The zero-order valence-corrected chi connectivity index (χ0v) is 16.0. The molecular formula is C20H24N2O5. The Morgan fingerprint density at radius 3 is 2.44 bits per heavy atom. The number of esters is 1. The lowest BCUT2D eigenvalue weighted by Crippen LogP contribution is -2.25. The third-order valence-electron chi connectivity index (χ3n) is 4.00. The van der Waals surface area contributed by atoms with E-state index >= 15 is 0 Å². The molecule has 0 saturated carbocycles. The molecule has 2 N–H and O–H groups in total. The zero-order valence-electron chi connectivity index (χ0n) is 16.0. The number of benzene rings is 1. The van der Waals surface area contributed by atoms with Crippen molar-refractivity contribution in [3.63, 3.8) is 0 Å². The molecule has 0 saturated heterocycles. The Hall–Kier alpha value is -3.14. The predicted octanol–water partition coefficient (Wildman–Crippen LogP) is 3.13. The van der Waals surface area contributed by atoms with Crippen LogP contribution in [0, 0.1) is 11.3 Å². The van der Waals surface area contributed by atoms with Crippen molar-refractivity contribution in [2.75, 3.05) is 19.8 Å². The topological polar surface area (TPSA) is 104 Å². The van der Waals surface area contributed by atoms with Crippen molar-refractivity contribution in [1.82, 2.24) is 0 Å². The van der Waals surface area contributed by atoms with Crippen molar-refractivity contribution < 1.29 is 23.7 Å². The van der Waals surface area contributed by atoms with Crippen LogP contribution >= 0.6 is 0 Å². The number of nitrogens with two attached hydrogens (primary N) is 1. The van der Waals surface area contributed by atoms with E-state index in [1.807, 2.05) is 13.8 Å². The molecule has 1 aromatic rings. The second-order valence-electron chi connectivity index (χ2n) is 5.69. The molecule has 0 aliphatic carbocycles. The summed E-state index contributed by atoms with van der Waals surface area (Å²) in [4.78, 5) is 12.6. The average Bonchev–Trinajstić information content (AvgIpc) is 2.63. The van der Waals surface area contributed by atoms with Gasteiger partial charge in [-0.15, -0.1) is 0 Å². The van der Waals surface area contributed by atoms with E-state index < -0.39 is 11.9 Å². The smallest absolute Gasteiger partial charge is 0.338 e. The standard InChI is InChI=1S/C20H24N2O5/c1-5-24-15-9-8-13(10-16(15)25-6-2)18-14(11-21)19(22)27-12(4)17(18)20(23)26-7-3/h8-10,18H,5-7,22H2,1-4H3. The molecule has 1 aliphatic rings. The maximum atomic E-state index is 12.6. The van der Waals surface area contributed by atoms with Crippen LogP contribution in [-0.4, -0.2) is 25.8 Å². The van der Waals surface area contributed by atoms with Gasteiger partial charge in [-0.1, -0.05) is 6.07 Å². The Kier molecular flexibility index (Phi) is 6.72. The van der Waals surface area contributed by atoms with E-state index in [9.17, 15) is 10.1 Å². The summed E-state index contributed by atoms with van der Waals surface area (Å²) in [6, 6.07) is 7.34. The molecular weight excluding hydrogens is 348 g/mol. The first-order valence-electron chi connectivity index (χ1n) is 8.83. The van der Waals surface area contributed by atoms with E-state index in [1.165, 1.54) is 0 Å². The normalized spacial score (nSPS) is 16.5. The molecule has 0 fully saturated rings. The van der Waals surface area contributed by atoms with Gasteiger partial charge >= 0.3 is 5.97 Å². The molecule has 0 bridgehead atoms. The van der Waals surface area contributed by atoms with Crippen LogP contribution in [0.15, 0.2) is 41.0 Å². The average molecular weight is 372 g/mol. The van der Waals surface area contributed by atoms with Crippen LogP contribution in [0.1, 0.15) is 39.2 Å². The first kappa shape index (κ1) is 20.2. The lowest BCUT2D eigenvalue weighted by Gasteiger charge is -2.27. The first-order chi connectivity index (χ1) is 13.0. The fourth-order valence-corrected chi connectivity index (χ4v) is 2.94. The van der Waals surface area contributed by atoms with Gasteiger partial charge in [-0.05, 0) is 45.4 Å². The van der Waals surface area contributed by atoms with Gasteiger partial charge in [0.05, 0.1) is 31.3 Å². The summed E-state index contributed by atoms with van der Waals surface area (Å²) < 4.78 is 21.8. The van der Waals surface area contributed by atoms with Crippen LogP contribution in [0.25, 0.3) is 0 Å². The minimum atomic E-state index is -0.710. The molecule has 1 aromatic carbocycles. The Balaban J connectivity index is 2.62. The van der Waals surface area contributed by atoms with Crippen LogP contribution in [0.2, 0.25) is 0 Å². The molecule has 2 rings (SSSR count). The van der Waals surface area contributed by atoms with Crippen molar-refractivity contribution >= 4 is 5.97 Å². The maximum Gasteiger partial charge on any atom is 0.338 e. The molecule has 7 heteroatoms. The monoisotopic (exact) mass is 372 g/mol. The van der Waals surface area contributed by atoms with Gasteiger partial charge in [0.25, 0.3) is 0 Å². The summed E-state index contributed by atoms with van der Waals surface area (Å²) in [6.45, 7) is 8.22. The van der Waals surface area contributed by atoms with Gasteiger partial charge in [0, 0.05) is 0 Å². The quantitative estimate of drug-likeness (QED) is 0.733. The Labute approximate surface area is 159 Å². The molecule has 1 atom stereocenters. The van der Waals surface area contributed by atoms with Crippen LogP contribution in [0.3, 0.4) is 0 Å².